The maximum absolute atomic E-state index is 13.9. The number of anilines is 2. The molecule has 0 saturated heterocycles. The van der Waals surface area contributed by atoms with Crippen molar-refractivity contribution in [2.45, 2.75) is 4.90 Å². The number of hydrogen-bond donors (Lipinski definition) is 2. The molecule has 0 fully saturated rings. The van der Waals surface area contributed by atoms with Gasteiger partial charge in [0.1, 0.15) is 5.75 Å². The molecule has 3 aromatic carbocycles. The van der Waals surface area contributed by atoms with Crippen LogP contribution in [0.15, 0.2) is 59.5 Å². The average molecular weight is 449 g/mol. The van der Waals surface area contributed by atoms with Gasteiger partial charge in [-0.15, -0.1) is 0 Å². The zero-order valence-electron chi connectivity index (χ0n) is 15.4. The molecule has 3 aromatic rings. The third-order valence-corrected chi connectivity index (χ3v) is 5.93. The van der Waals surface area contributed by atoms with Crippen LogP contribution in [0, 0.1) is 5.82 Å². The van der Waals surface area contributed by atoms with Crippen molar-refractivity contribution in [3.05, 3.63) is 71.0 Å². The fourth-order valence-electron chi connectivity index (χ4n) is 2.89. The van der Waals surface area contributed by atoms with Crippen LogP contribution in [-0.2, 0) is 10.0 Å². The van der Waals surface area contributed by atoms with Gasteiger partial charge in [0.15, 0.2) is 17.3 Å². The number of carbonyl (C=O) groups excluding carboxylic acids is 1. The molecule has 7 nitrogen and oxygen atoms in total. The number of fused-ring (bicyclic) bond motifs is 2. The molecule has 0 aliphatic carbocycles. The summed E-state index contributed by atoms with van der Waals surface area (Å²) in [6.45, 7) is 0. The molecule has 1 aliphatic rings. The van der Waals surface area contributed by atoms with Gasteiger partial charge in [-0.05, 0) is 54.6 Å². The first-order chi connectivity index (χ1) is 14.3. The lowest BCUT2D eigenvalue weighted by Gasteiger charge is -2.12. The lowest BCUT2D eigenvalue weighted by atomic mass is 10.1. The topological polar surface area (TPSA) is 93.7 Å². The average Bonchev–Trinajstić information content (AvgIpc) is 2.83. The van der Waals surface area contributed by atoms with E-state index in [0.29, 0.717) is 16.5 Å². The molecule has 1 aliphatic heterocycles. The number of rotatable bonds is 4. The van der Waals surface area contributed by atoms with Gasteiger partial charge < -0.3 is 14.8 Å². The van der Waals surface area contributed by atoms with Crippen molar-refractivity contribution in [1.82, 2.24) is 0 Å². The highest BCUT2D eigenvalue weighted by molar-refractivity contribution is 7.92. The van der Waals surface area contributed by atoms with Gasteiger partial charge in [0.2, 0.25) is 0 Å². The van der Waals surface area contributed by atoms with Crippen LogP contribution in [0.3, 0.4) is 0 Å². The molecule has 0 saturated carbocycles. The molecule has 1 heterocycles. The number of benzene rings is 3. The molecular formula is C20H14ClFN2O5S. The number of sulfonamides is 1. The Balaban J connectivity index is 1.65. The molecule has 0 aromatic heterocycles. The Kier molecular flexibility index (Phi) is 5.00. The van der Waals surface area contributed by atoms with E-state index in [4.69, 9.17) is 21.1 Å². The lowest BCUT2D eigenvalue weighted by molar-refractivity contribution is 0.102. The van der Waals surface area contributed by atoms with E-state index in [2.05, 4.69) is 10.0 Å². The van der Waals surface area contributed by atoms with Crippen molar-refractivity contribution >= 4 is 38.9 Å². The van der Waals surface area contributed by atoms with Crippen molar-refractivity contribution in [2.75, 3.05) is 17.1 Å². The number of amides is 1. The van der Waals surface area contributed by atoms with Crippen LogP contribution >= 0.6 is 11.6 Å². The Hall–Kier alpha value is -3.30. The summed E-state index contributed by atoms with van der Waals surface area (Å²) < 4.78 is 52.0. The first kappa shape index (κ1) is 20.0. The summed E-state index contributed by atoms with van der Waals surface area (Å²) in [5.41, 5.74) is 0.607. The van der Waals surface area contributed by atoms with Crippen molar-refractivity contribution in [3.63, 3.8) is 0 Å². The molecule has 10 heteroatoms. The highest BCUT2D eigenvalue weighted by Crippen LogP contribution is 2.38. The summed E-state index contributed by atoms with van der Waals surface area (Å²) in [6, 6.07) is 12.3. The molecule has 2 N–H and O–H groups in total. The normalized spacial score (nSPS) is 12.7. The van der Waals surface area contributed by atoms with E-state index in [9.17, 15) is 17.6 Å². The van der Waals surface area contributed by atoms with Gasteiger partial charge in [-0.25, -0.2) is 12.8 Å². The van der Waals surface area contributed by atoms with E-state index >= 15 is 0 Å². The molecule has 1 amide bonds. The van der Waals surface area contributed by atoms with Gasteiger partial charge in [0.25, 0.3) is 15.9 Å². The van der Waals surface area contributed by atoms with Crippen molar-refractivity contribution < 1.29 is 27.1 Å². The van der Waals surface area contributed by atoms with Crippen LogP contribution in [-0.4, -0.2) is 21.4 Å². The first-order valence-corrected chi connectivity index (χ1v) is 10.4. The van der Waals surface area contributed by atoms with Crippen LogP contribution in [0.2, 0.25) is 5.02 Å². The fourth-order valence-corrected chi connectivity index (χ4v) is 4.12. The van der Waals surface area contributed by atoms with Gasteiger partial charge in [-0.2, -0.15) is 0 Å². The molecular weight excluding hydrogens is 435 g/mol. The highest BCUT2D eigenvalue weighted by atomic mass is 35.5. The van der Waals surface area contributed by atoms with Gasteiger partial charge in [0, 0.05) is 10.7 Å². The van der Waals surface area contributed by atoms with E-state index in [-0.39, 0.29) is 27.6 Å². The minimum Gasteiger partial charge on any atom is -0.494 e. The Labute approximate surface area is 176 Å². The van der Waals surface area contributed by atoms with E-state index in [1.807, 2.05) is 0 Å². The summed E-state index contributed by atoms with van der Waals surface area (Å²) in [5.74, 6) is -0.748. The van der Waals surface area contributed by atoms with Crippen LogP contribution in [0.25, 0.3) is 0 Å². The zero-order chi connectivity index (χ0) is 21.5. The predicted octanol–water partition coefficient (Wildman–Crippen LogP) is 4.65. The monoisotopic (exact) mass is 448 g/mol. The highest BCUT2D eigenvalue weighted by Gasteiger charge is 2.23. The Bertz CT molecular complexity index is 1280. The van der Waals surface area contributed by atoms with E-state index in [1.54, 1.807) is 18.2 Å². The van der Waals surface area contributed by atoms with E-state index in [0.717, 1.165) is 6.07 Å². The van der Waals surface area contributed by atoms with E-state index < -0.39 is 21.7 Å². The lowest BCUT2D eigenvalue weighted by Crippen LogP contribution is -2.15. The van der Waals surface area contributed by atoms with Gasteiger partial charge >= 0.3 is 0 Å². The fraction of sp³-hybridized carbons (Fsp3) is 0.0500. The van der Waals surface area contributed by atoms with Crippen LogP contribution in [0.4, 0.5) is 15.8 Å². The first-order valence-electron chi connectivity index (χ1n) is 8.56. The molecule has 0 spiro atoms. The standard InChI is InChI=1S/C20H14ClFN2O5S/c1-28-18-7-4-13(10-15(18)22)30(26,27)24-12-3-6-17-14(9-12)20(25)23-16-8-11(21)2-5-19(16)29-17/h2-10,24H,1H3,(H,23,25). The Morgan fingerprint density at radius 3 is 2.57 bits per heavy atom. The van der Waals surface area contributed by atoms with Crippen LogP contribution in [0.1, 0.15) is 10.4 Å². The summed E-state index contributed by atoms with van der Waals surface area (Å²) in [5, 5.41) is 3.09. The van der Waals surface area contributed by atoms with Crippen LogP contribution in [0.5, 0.6) is 17.2 Å². The minimum absolute atomic E-state index is 0.0764. The second-order valence-corrected chi connectivity index (χ2v) is 8.43. The summed E-state index contributed by atoms with van der Waals surface area (Å²) >= 11 is 5.96. The van der Waals surface area contributed by atoms with E-state index in [1.165, 1.54) is 37.4 Å². The van der Waals surface area contributed by atoms with Gasteiger partial charge in [0.05, 0.1) is 23.3 Å². The summed E-state index contributed by atoms with van der Waals surface area (Å²) in [4.78, 5) is 12.3. The third kappa shape index (κ3) is 3.77. The Morgan fingerprint density at radius 2 is 1.83 bits per heavy atom. The smallest absolute Gasteiger partial charge is 0.262 e. The molecule has 0 radical (unpaired) electrons. The van der Waals surface area contributed by atoms with Crippen molar-refractivity contribution in [3.8, 4) is 17.2 Å². The van der Waals surface area contributed by atoms with Gasteiger partial charge in [-0.1, -0.05) is 11.6 Å². The van der Waals surface area contributed by atoms with Crippen molar-refractivity contribution in [1.29, 1.82) is 0 Å². The second-order valence-electron chi connectivity index (χ2n) is 6.31. The number of methoxy groups -OCH3 is 1. The minimum atomic E-state index is -4.11. The molecule has 0 bridgehead atoms. The zero-order valence-corrected chi connectivity index (χ0v) is 17.0. The molecule has 0 atom stereocenters. The molecule has 0 unspecified atom stereocenters. The van der Waals surface area contributed by atoms with Gasteiger partial charge in [-0.3, -0.25) is 9.52 Å². The largest absolute Gasteiger partial charge is 0.494 e. The number of ether oxygens (including phenoxy) is 2. The molecule has 30 heavy (non-hydrogen) atoms. The Morgan fingerprint density at radius 1 is 1.07 bits per heavy atom. The van der Waals surface area contributed by atoms with Crippen LogP contribution < -0.4 is 19.5 Å². The quantitative estimate of drug-likeness (QED) is 0.606. The SMILES string of the molecule is COc1ccc(S(=O)(=O)Nc2ccc3c(c2)C(=O)Nc2cc(Cl)ccc2O3)cc1F. The predicted molar refractivity (Wildman–Crippen MR) is 110 cm³/mol. The third-order valence-electron chi connectivity index (χ3n) is 4.32. The number of halogens is 2. The maximum Gasteiger partial charge on any atom is 0.262 e. The second kappa shape index (κ2) is 7.51. The molecule has 4 rings (SSSR count). The number of nitrogens with one attached hydrogen (secondary N) is 2. The number of hydrogen-bond acceptors (Lipinski definition) is 5. The molecule has 154 valence electrons. The maximum atomic E-state index is 13.9. The number of carbonyl (C=O) groups is 1. The summed E-state index contributed by atoms with van der Waals surface area (Å²) in [7, 11) is -2.83. The van der Waals surface area contributed by atoms with Crippen molar-refractivity contribution in [2.24, 2.45) is 0 Å². The summed E-state index contributed by atoms with van der Waals surface area (Å²) in [6.07, 6.45) is 0.